The number of hydrogen-bond donors (Lipinski definition) is 1. The fourth-order valence-corrected chi connectivity index (χ4v) is 2.96. The summed E-state index contributed by atoms with van der Waals surface area (Å²) >= 11 is 0. The summed E-state index contributed by atoms with van der Waals surface area (Å²) in [5.41, 5.74) is 0.866. The molecular weight excluding hydrogens is 316 g/mol. The molecule has 1 heterocycles. The minimum absolute atomic E-state index is 0.0143. The van der Waals surface area contributed by atoms with E-state index in [-0.39, 0.29) is 10.9 Å². The molecule has 1 saturated carbocycles. The highest BCUT2D eigenvalue weighted by Gasteiger charge is 2.29. The van der Waals surface area contributed by atoms with Gasteiger partial charge in [-0.25, -0.2) is 13.6 Å². The zero-order valence-electron chi connectivity index (χ0n) is 13.1. The van der Waals surface area contributed by atoms with Crippen molar-refractivity contribution in [3.8, 4) is 0 Å². The molecule has 3 rings (SSSR count). The lowest BCUT2D eigenvalue weighted by Crippen LogP contribution is -2.23. The van der Waals surface area contributed by atoms with Crippen molar-refractivity contribution in [1.29, 1.82) is 0 Å². The molecule has 2 aromatic rings. The number of nitrogens with zero attached hydrogens (tertiary/aromatic N) is 3. The van der Waals surface area contributed by atoms with Gasteiger partial charge in [0.15, 0.2) is 5.82 Å². The molecule has 1 aromatic carbocycles. The van der Waals surface area contributed by atoms with Crippen molar-refractivity contribution < 1.29 is 12.9 Å². The Morgan fingerprint density at radius 2 is 2.17 bits per heavy atom. The number of primary sulfonamides is 1. The van der Waals surface area contributed by atoms with Gasteiger partial charge in [-0.05, 0) is 44.5 Å². The van der Waals surface area contributed by atoms with Crippen LogP contribution >= 0.6 is 0 Å². The van der Waals surface area contributed by atoms with Crippen LogP contribution in [0.15, 0.2) is 33.7 Å². The lowest BCUT2D eigenvalue weighted by Gasteiger charge is -2.23. The quantitative estimate of drug-likeness (QED) is 0.862. The van der Waals surface area contributed by atoms with Crippen molar-refractivity contribution >= 4 is 10.0 Å². The number of rotatable bonds is 6. The highest BCUT2D eigenvalue weighted by atomic mass is 32.2. The molecule has 0 aliphatic heterocycles. The first-order valence-electron chi connectivity index (χ1n) is 7.50. The first-order chi connectivity index (χ1) is 10.8. The van der Waals surface area contributed by atoms with Gasteiger partial charge in [0.05, 0.1) is 11.4 Å². The van der Waals surface area contributed by atoms with Gasteiger partial charge in [0.2, 0.25) is 15.9 Å². The molecule has 0 radical (unpaired) electrons. The summed E-state index contributed by atoms with van der Waals surface area (Å²) in [6, 6.07) is 6.65. The van der Waals surface area contributed by atoms with Crippen molar-refractivity contribution in [3.05, 3.63) is 41.5 Å². The van der Waals surface area contributed by atoms with E-state index >= 15 is 0 Å². The summed E-state index contributed by atoms with van der Waals surface area (Å²) in [4.78, 5) is 6.56. The van der Waals surface area contributed by atoms with E-state index in [2.05, 4.69) is 10.1 Å². The van der Waals surface area contributed by atoms with E-state index in [1.54, 1.807) is 12.1 Å². The number of sulfonamides is 1. The van der Waals surface area contributed by atoms with Crippen LogP contribution < -0.4 is 5.14 Å². The fourth-order valence-electron chi connectivity index (χ4n) is 2.39. The van der Waals surface area contributed by atoms with Gasteiger partial charge >= 0.3 is 0 Å². The third-order valence-corrected chi connectivity index (χ3v) is 5.04. The van der Waals surface area contributed by atoms with Gasteiger partial charge in [-0.15, -0.1) is 0 Å². The third-order valence-electron chi connectivity index (χ3n) is 4.13. The Morgan fingerprint density at radius 3 is 2.83 bits per heavy atom. The molecule has 1 aliphatic rings. The minimum atomic E-state index is -3.70. The smallest absolute Gasteiger partial charge is 0.238 e. The molecule has 0 saturated heterocycles. The van der Waals surface area contributed by atoms with Crippen LogP contribution in [0.3, 0.4) is 0 Å². The summed E-state index contributed by atoms with van der Waals surface area (Å²) in [7, 11) is -1.77. The maximum absolute atomic E-state index is 11.5. The molecule has 2 N–H and O–H groups in total. The van der Waals surface area contributed by atoms with Crippen molar-refractivity contribution in [2.75, 3.05) is 7.05 Å². The molecule has 7 nitrogen and oxygen atoms in total. The van der Waals surface area contributed by atoms with E-state index in [9.17, 15) is 8.42 Å². The highest BCUT2D eigenvalue weighted by molar-refractivity contribution is 7.89. The van der Waals surface area contributed by atoms with Crippen molar-refractivity contribution in [2.45, 2.75) is 43.2 Å². The second kappa shape index (κ2) is 6.03. The zero-order chi connectivity index (χ0) is 16.6. The van der Waals surface area contributed by atoms with Gasteiger partial charge in [0.1, 0.15) is 0 Å². The molecule has 1 unspecified atom stereocenters. The summed E-state index contributed by atoms with van der Waals surface area (Å²) in [6.45, 7) is 2.52. The normalized spacial score (nSPS) is 16.7. The molecule has 1 atom stereocenters. The molecular formula is C15H20N4O3S. The van der Waals surface area contributed by atoms with E-state index < -0.39 is 10.0 Å². The Morgan fingerprint density at radius 1 is 1.43 bits per heavy atom. The number of aromatic nitrogens is 2. The lowest BCUT2D eigenvalue weighted by atomic mass is 10.1. The highest BCUT2D eigenvalue weighted by Crippen LogP contribution is 2.38. The summed E-state index contributed by atoms with van der Waals surface area (Å²) in [6.07, 6.45) is 2.24. The Kier molecular flexibility index (Phi) is 4.22. The monoisotopic (exact) mass is 336 g/mol. The number of hydrogen-bond acceptors (Lipinski definition) is 6. The van der Waals surface area contributed by atoms with Crippen LogP contribution in [0.5, 0.6) is 0 Å². The molecule has 0 amide bonds. The number of nitrogens with two attached hydrogens (primary N) is 1. The molecule has 1 aliphatic carbocycles. The average molecular weight is 336 g/mol. The predicted octanol–water partition coefficient (Wildman–Crippen LogP) is 1.79. The second-order valence-electron chi connectivity index (χ2n) is 6.03. The van der Waals surface area contributed by atoms with E-state index in [0.29, 0.717) is 18.3 Å². The first kappa shape index (κ1) is 16.1. The predicted molar refractivity (Wildman–Crippen MR) is 84.0 cm³/mol. The molecule has 124 valence electrons. The van der Waals surface area contributed by atoms with Crippen molar-refractivity contribution in [1.82, 2.24) is 15.0 Å². The van der Waals surface area contributed by atoms with Crippen LogP contribution in [-0.4, -0.2) is 30.5 Å². The van der Waals surface area contributed by atoms with Crippen LogP contribution in [-0.2, 0) is 16.6 Å². The van der Waals surface area contributed by atoms with E-state index in [4.69, 9.17) is 9.66 Å². The van der Waals surface area contributed by atoms with Crippen LogP contribution in [0.25, 0.3) is 0 Å². The van der Waals surface area contributed by atoms with Gasteiger partial charge in [0, 0.05) is 12.0 Å². The average Bonchev–Trinajstić information content (AvgIpc) is 3.26. The fraction of sp³-hybridized carbons (Fsp3) is 0.467. The summed E-state index contributed by atoms with van der Waals surface area (Å²) in [5, 5.41) is 9.20. The topological polar surface area (TPSA) is 102 Å². The van der Waals surface area contributed by atoms with Gasteiger partial charge in [-0.1, -0.05) is 17.3 Å². The van der Waals surface area contributed by atoms with Crippen molar-refractivity contribution in [3.63, 3.8) is 0 Å². The molecule has 8 heteroatoms. The summed E-state index contributed by atoms with van der Waals surface area (Å²) < 4.78 is 28.2. The van der Waals surface area contributed by atoms with E-state index in [1.807, 2.05) is 24.9 Å². The Labute approximate surface area is 135 Å². The Hall–Kier alpha value is -1.77. The van der Waals surface area contributed by atoms with Gasteiger partial charge < -0.3 is 4.52 Å². The summed E-state index contributed by atoms with van der Waals surface area (Å²) in [5.74, 6) is 1.80. The van der Waals surface area contributed by atoms with Crippen LogP contribution in [0.1, 0.15) is 49.0 Å². The maximum atomic E-state index is 11.5. The third kappa shape index (κ3) is 3.77. The molecule has 0 bridgehead atoms. The van der Waals surface area contributed by atoms with Crippen molar-refractivity contribution in [2.24, 2.45) is 5.14 Å². The molecule has 1 aromatic heterocycles. The first-order valence-corrected chi connectivity index (χ1v) is 9.04. The zero-order valence-corrected chi connectivity index (χ0v) is 14.0. The van der Waals surface area contributed by atoms with Gasteiger partial charge in [-0.3, -0.25) is 4.90 Å². The molecule has 0 spiro atoms. The minimum Gasteiger partial charge on any atom is -0.339 e. The molecule has 23 heavy (non-hydrogen) atoms. The Bertz CT molecular complexity index is 799. The standard InChI is InChI=1S/C15H20N4O3S/c1-10(12-4-3-5-13(8-12)23(16,20)21)19(2)9-14-17-15(22-18-14)11-6-7-11/h3-5,8,10-11H,6-7,9H2,1-2H3,(H2,16,20,21). The second-order valence-corrected chi connectivity index (χ2v) is 7.59. The lowest BCUT2D eigenvalue weighted by molar-refractivity contribution is 0.242. The van der Waals surface area contributed by atoms with Crippen LogP contribution in [0, 0.1) is 0 Å². The van der Waals surface area contributed by atoms with Gasteiger partial charge in [-0.2, -0.15) is 4.98 Å². The Balaban J connectivity index is 1.72. The van der Waals surface area contributed by atoms with E-state index in [1.165, 1.54) is 6.07 Å². The van der Waals surface area contributed by atoms with Crippen LogP contribution in [0.2, 0.25) is 0 Å². The number of benzene rings is 1. The SMILES string of the molecule is CC(c1cccc(S(N)(=O)=O)c1)N(C)Cc1noc(C2CC2)n1. The largest absolute Gasteiger partial charge is 0.339 e. The van der Waals surface area contributed by atoms with Gasteiger partial charge in [0.25, 0.3) is 0 Å². The maximum Gasteiger partial charge on any atom is 0.238 e. The van der Waals surface area contributed by atoms with Crippen LogP contribution in [0.4, 0.5) is 0 Å². The van der Waals surface area contributed by atoms with E-state index in [0.717, 1.165) is 24.3 Å². The molecule has 1 fully saturated rings.